The fraction of sp³-hybridized carbons (Fsp3) is 0.543. The minimum absolute atomic E-state index is 0.0180. The van der Waals surface area contributed by atoms with E-state index >= 15 is 14.7 Å². The van der Waals surface area contributed by atoms with E-state index < -0.39 is 283 Å². The highest BCUT2D eigenvalue weighted by Crippen LogP contribution is 2.57. The van der Waals surface area contributed by atoms with Gasteiger partial charge in [0.05, 0.1) is 56.8 Å². The van der Waals surface area contributed by atoms with E-state index in [2.05, 4.69) is 97.4 Å². The van der Waals surface area contributed by atoms with E-state index in [1.165, 1.54) is 52.5 Å². The Bertz CT molecular complexity index is 7820. The highest BCUT2D eigenvalue weighted by atomic mass is 32.7. The Morgan fingerprint density at radius 1 is 0.392 bits per heavy atom. The standard InChI is InChI=1S/C70H92N29O37P7S5/c1-6-28-29(7-43(121-28)96-21-78-47-54(96)85-64(74)89-58(47)100)130-139(111,144)118-18-37-31(9-40(122-37)93-14-25(2)51(71)82-68(93)104)131-140(112,145)119-19-38-32(11-45(125-38)98-23-80-49-56(98)87-66(76)91-60(49)102)132-141(113,146)120-20-39-33(10-41(123-39)94-15-26(3)52(72)83-69(94)105)133-142(114,147)136-63-35(13-46(127-63)99-24-81-50-57(99)88-67(77)92-61(50)103)134-143(115,148)135-62-34(12-42(126-62)95-16-27(4)53(73)84-70(95)106)129-138(109,110)117-17-36-30(128-137(107,108)116-5)8-44(124-36)97-22-79-48-55(97)86-65(75)90-59(48)101/h14-16,21-24,28-46,62-63H,6-13,17-20H2,1-5H3,(H,107,108)(H,109,110)(H,111,144)(H,112,145)(H,113,146)(H,114,147)(H,115,148)(H2,71,82,104)(H2,72,83,105)(H2,73,84,106)(H3,74,85,89,100)(H3,75,86,90,101)(H3,76,87,91,102)(H3,77,88,92,103)/p-3/t28-,29-,30-,31-,32-,33-,34-,35-,36-,37-,38-,39-,40-,41-,42-,43-,44-,45-,46-,62-,63-,139?,140?,141?,142?,143?/m1/s1. The number of anilines is 7. The van der Waals surface area contributed by atoms with Gasteiger partial charge in [0.1, 0.15) is 98.3 Å². The lowest BCUT2D eigenvalue weighted by Gasteiger charge is -2.33. The summed E-state index contributed by atoms with van der Waals surface area (Å²) in [7, 11) is -10.3. The monoisotopic (exact) mass is 2300 g/mol. The third kappa shape index (κ3) is 24.1. The van der Waals surface area contributed by atoms with E-state index in [0.29, 0.717) is 12.0 Å². The molecule has 0 amide bonds. The largest absolute Gasteiger partial charge is 0.780 e. The van der Waals surface area contributed by atoms with Crippen LogP contribution < -0.4 is 109 Å². The van der Waals surface area contributed by atoms with Crippen LogP contribution in [0.4, 0.5) is 41.2 Å². The smallest absolute Gasteiger partial charge is 0.351 e. The minimum Gasteiger partial charge on any atom is -0.780 e. The molecule has 11 aromatic heterocycles. The summed E-state index contributed by atoms with van der Waals surface area (Å²) in [6.07, 6.45) is -26.3. The summed E-state index contributed by atoms with van der Waals surface area (Å²) < 4.78 is 168. The van der Waals surface area contributed by atoms with Crippen molar-refractivity contribution in [3.05, 3.63) is 133 Å². The molecule has 7 aliphatic heterocycles. The molecule has 7 saturated heterocycles. The summed E-state index contributed by atoms with van der Waals surface area (Å²) in [5.41, 5.74) is 35.2. The molecule has 0 spiro atoms. The van der Waals surface area contributed by atoms with Crippen molar-refractivity contribution in [2.45, 2.75) is 208 Å². The number of aromatic amines is 4. The van der Waals surface area contributed by atoms with E-state index in [-0.39, 0.29) is 104 Å². The van der Waals surface area contributed by atoms with Gasteiger partial charge in [0.2, 0.25) is 23.8 Å². The zero-order chi connectivity index (χ0) is 106. The number of aryl methyl sites for hydroxylation is 3. The van der Waals surface area contributed by atoms with Gasteiger partial charge in [-0.2, -0.15) is 34.9 Å². The van der Waals surface area contributed by atoms with Crippen molar-refractivity contribution in [1.29, 1.82) is 0 Å². The molecule has 0 aromatic carbocycles. The summed E-state index contributed by atoms with van der Waals surface area (Å²) in [5.74, 6) is -1.86. The predicted octanol–water partition coefficient (Wildman–Crippen LogP) is -5.95. The molecule has 0 aliphatic carbocycles. The number of aliphatic hydroxyl groups is 4. The molecule has 66 nitrogen and oxygen atoms in total. The zero-order valence-electron chi connectivity index (χ0n) is 76.7. The van der Waals surface area contributed by atoms with Crippen LogP contribution in [0.15, 0.2) is 77.5 Å². The van der Waals surface area contributed by atoms with E-state index in [9.17, 15) is 61.9 Å². The number of H-pyrrole nitrogens is 4. The number of ether oxygens (including phenoxy) is 7. The molecule has 28 atom stereocenters. The maximum Gasteiger partial charge on any atom is 0.351 e. The molecule has 0 saturated carbocycles. The Balaban J connectivity index is 0.583. The molecule has 7 unspecified atom stereocenters. The number of nitrogens with zero attached hydrogens (tertiary/aromatic N) is 18. The number of phosphoric ester groups is 2. The summed E-state index contributed by atoms with van der Waals surface area (Å²) >= 11 is 27.9. The van der Waals surface area contributed by atoms with Crippen molar-refractivity contribution in [1.82, 2.24) is 107 Å². The lowest BCUT2D eigenvalue weighted by atomic mass is 10.1. The van der Waals surface area contributed by atoms with Gasteiger partial charge in [0, 0.05) is 123 Å². The number of rotatable bonds is 39. The fourth-order valence-electron chi connectivity index (χ4n) is 17.2. The van der Waals surface area contributed by atoms with Crippen molar-refractivity contribution in [2.24, 2.45) is 0 Å². The lowest BCUT2D eigenvalue weighted by molar-refractivity contribution is -0.295. The number of hydrogen-bond donors (Lipinski definition) is 11. The molecule has 22 N–H and O–H groups in total. The van der Waals surface area contributed by atoms with Crippen molar-refractivity contribution >= 4 is 195 Å². The van der Waals surface area contributed by atoms with Gasteiger partial charge < -0.3 is 151 Å². The quantitative estimate of drug-likeness (QED) is 0.00971. The molecule has 804 valence electrons. The van der Waals surface area contributed by atoms with Crippen molar-refractivity contribution < 1.29 is 140 Å². The van der Waals surface area contributed by atoms with Crippen LogP contribution in [0.2, 0.25) is 0 Å². The predicted molar refractivity (Wildman–Crippen MR) is 512 cm³/mol. The zero-order valence-corrected chi connectivity index (χ0v) is 87.0. The topological polar surface area (TPSA) is 939 Å². The van der Waals surface area contributed by atoms with Gasteiger partial charge in [-0.05, 0) is 27.2 Å². The number of nitrogens with one attached hydrogen (secondary N) is 4. The summed E-state index contributed by atoms with van der Waals surface area (Å²) in [6.45, 7) is -22.2. The Morgan fingerprint density at radius 3 is 1.07 bits per heavy atom. The van der Waals surface area contributed by atoms with E-state index in [1.807, 2.05) is 0 Å². The van der Waals surface area contributed by atoms with Crippen LogP contribution in [0.25, 0.3) is 44.7 Å². The Labute approximate surface area is 851 Å². The third-order valence-electron chi connectivity index (χ3n) is 24.2. The molecule has 0 radical (unpaired) electrons. The Hall–Kier alpha value is -8.80. The van der Waals surface area contributed by atoms with Crippen LogP contribution in [-0.2, 0) is 152 Å². The van der Waals surface area contributed by atoms with E-state index in [4.69, 9.17) is 173 Å². The number of nitrogen functional groups attached to an aromatic ring is 7. The molecule has 18 heterocycles. The van der Waals surface area contributed by atoms with Crippen LogP contribution in [0, 0.1) is 20.8 Å². The van der Waals surface area contributed by atoms with Crippen molar-refractivity contribution in [3.8, 4) is 0 Å². The lowest BCUT2D eigenvalue weighted by Crippen LogP contribution is -2.37. The van der Waals surface area contributed by atoms with Crippen LogP contribution in [0.1, 0.15) is 119 Å². The second-order valence-electron chi connectivity index (χ2n) is 34.1. The van der Waals surface area contributed by atoms with Gasteiger partial charge in [0.25, 0.3) is 70.6 Å². The molecule has 7 fully saturated rings. The molecule has 0 bridgehead atoms. The van der Waals surface area contributed by atoms with Gasteiger partial charge in [-0.15, -0.1) is 0 Å². The maximum atomic E-state index is 15.5. The fourth-order valence-corrected chi connectivity index (χ4v) is 26.7. The second-order valence-corrected chi connectivity index (χ2v) is 50.8. The molecule has 78 heteroatoms. The first-order chi connectivity index (χ1) is 69.7. The second kappa shape index (κ2) is 42.6. The van der Waals surface area contributed by atoms with Gasteiger partial charge in [-0.25, -0.2) is 38.9 Å². The van der Waals surface area contributed by atoms with Crippen LogP contribution in [0.3, 0.4) is 0 Å². The summed E-state index contributed by atoms with van der Waals surface area (Å²) in [6, 6.07) is 0. The number of aromatic nitrogens is 22. The van der Waals surface area contributed by atoms with Crippen molar-refractivity contribution in [2.75, 3.05) is 73.7 Å². The minimum atomic E-state index is -5.87. The van der Waals surface area contributed by atoms with Gasteiger partial charge in [0.15, 0.2) is 82.3 Å². The first-order valence-electron chi connectivity index (χ1n) is 43.9. The van der Waals surface area contributed by atoms with E-state index in [0.717, 1.165) is 44.4 Å². The first kappa shape index (κ1) is 109. The maximum absolute atomic E-state index is 15.5. The highest BCUT2D eigenvalue weighted by molar-refractivity contribution is 8.32. The molecular weight excluding hydrogens is 2220 g/mol. The SMILES string of the molecule is CC[C@H]1O[C@@H](n2cnc3c(=O)[nH]c(N)nc32)C[C@H]1OP([O-])(=S)OC[C@H]1O[C@@H](n2cc(C)c(N)nc2=O)C[C@H]1OP(=O)([S-])[OH+]C[C@H]1O[C@@H](n2cnc3c(=O)[nH]c(N)nc32)C[C@H]1OP([O-])(=S)[OH+]C[C@H]1O[C@@H](n2cc(C)c(N)nc2=O)C[C@H]1OP([O-])(=S)[OH+][C@H]1O[C@@H](n2cnc3c(=O)[nH]c(N)nc32)C[C@H]1OP([O-])(=S)[OH+][C@H]1O[C@@H](n2cc(C)c(N)nc2=O)C[C@H]1OP(=O)([O-])OC[C@H]1O[C@@H](n2cnc3c(=O)[nH]c(N)nc32)C[C@H]1OP(=O)([O-])OC. The highest BCUT2D eigenvalue weighted by Gasteiger charge is 2.54. The average molecular weight is 2310 g/mol. The number of hydrogen-bond acceptors (Lipinski definition) is 56. The number of imidazole rings is 4. The molecule has 11 aromatic rings. The van der Waals surface area contributed by atoms with E-state index in [1.54, 1.807) is 13.8 Å². The van der Waals surface area contributed by atoms with Crippen LogP contribution >= 0.6 is 49.3 Å². The molecule has 7 aliphatic rings. The molecule has 148 heavy (non-hydrogen) atoms. The summed E-state index contributed by atoms with van der Waals surface area (Å²) in [4.78, 5) is 234. The third-order valence-corrected chi connectivity index (χ3v) is 34.2. The number of nitrogens with two attached hydrogens (primary N) is 7. The normalized spacial score (nSPS) is 29.3. The number of fused-ring (bicyclic) bond motifs is 4. The summed E-state index contributed by atoms with van der Waals surface area (Å²) in [5, 5.41) is 0. The average Bonchev–Trinajstić information content (AvgIpc) is 1.90. The van der Waals surface area contributed by atoms with Gasteiger partial charge >= 0.3 is 23.9 Å². The van der Waals surface area contributed by atoms with Crippen LogP contribution in [-0.4, -0.2) is 244 Å². The molecular formula is C70H89N29O37P7S5-3. The Kier molecular flexibility index (Phi) is 31.3. The van der Waals surface area contributed by atoms with Gasteiger partial charge in [-0.3, -0.25) is 108 Å². The first-order valence-corrected chi connectivity index (χ1v) is 59.7. The Morgan fingerprint density at radius 2 is 0.689 bits per heavy atom. The van der Waals surface area contributed by atoms with Gasteiger partial charge in [-0.1, -0.05) is 18.7 Å². The molecule has 18 rings (SSSR count). The van der Waals surface area contributed by atoms with Crippen molar-refractivity contribution in [3.63, 3.8) is 0 Å². The number of phosphoric acid groups is 2. The van der Waals surface area contributed by atoms with Crippen LogP contribution in [0.5, 0.6) is 0 Å².